The molecule has 23 heavy (non-hydrogen) atoms. The molecule has 0 bridgehead atoms. The van der Waals surface area contributed by atoms with Gasteiger partial charge in [-0.05, 0) is 12.5 Å². The highest BCUT2D eigenvalue weighted by Crippen LogP contribution is 2.65. The highest BCUT2D eigenvalue weighted by atomic mass is 16.4. The molecule has 4 N–H and O–H groups in total. The van der Waals surface area contributed by atoms with Crippen molar-refractivity contribution < 1.29 is 39.6 Å². The van der Waals surface area contributed by atoms with Crippen LogP contribution in [0.1, 0.15) is 12.5 Å². The van der Waals surface area contributed by atoms with Crippen LogP contribution in [0.15, 0.2) is 30.3 Å². The van der Waals surface area contributed by atoms with Crippen LogP contribution < -0.4 is 0 Å². The first kappa shape index (κ1) is 16.5. The smallest absolute Gasteiger partial charge is 0.315 e. The third kappa shape index (κ3) is 1.84. The van der Waals surface area contributed by atoms with Crippen LogP contribution in [0.3, 0.4) is 0 Å². The van der Waals surface area contributed by atoms with E-state index in [0.29, 0.717) is 0 Å². The average molecular weight is 322 g/mol. The highest BCUT2D eigenvalue weighted by molar-refractivity contribution is 6.04. The first-order chi connectivity index (χ1) is 10.6. The van der Waals surface area contributed by atoms with Crippen molar-refractivity contribution in [3.63, 3.8) is 0 Å². The summed E-state index contributed by atoms with van der Waals surface area (Å²) in [5.74, 6) is -10.5. The van der Waals surface area contributed by atoms with Crippen molar-refractivity contribution >= 4 is 23.9 Å². The lowest BCUT2D eigenvalue weighted by Gasteiger charge is -2.59. The van der Waals surface area contributed by atoms with Crippen LogP contribution in [0.2, 0.25) is 0 Å². The first-order valence-electron chi connectivity index (χ1n) is 6.60. The van der Waals surface area contributed by atoms with Crippen LogP contribution in [0, 0.1) is 17.3 Å². The minimum atomic E-state index is -2.36. The summed E-state index contributed by atoms with van der Waals surface area (Å²) in [6.07, 6.45) is 0. The fourth-order valence-electron chi connectivity index (χ4n) is 3.75. The van der Waals surface area contributed by atoms with Crippen LogP contribution in [0.25, 0.3) is 0 Å². The third-order valence-corrected chi connectivity index (χ3v) is 4.67. The quantitative estimate of drug-likeness (QED) is 0.612. The molecule has 0 radical (unpaired) electrons. The normalized spacial score (nSPS) is 32.6. The van der Waals surface area contributed by atoms with Gasteiger partial charge in [-0.3, -0.25) is 19.2 Å². The molecular weight excluding hydrogens is 308 g/mol. The second-order valence-corrected chi connectivity index (χ2v) is 5.67. The molecule has 0 saturated heterocycles. The lowest BCUT2D eigenvalue weighted by atomic mass is 9.37. The second-order valence-electron chi connectivity index (χ2n) is 5.67. The van der Waals surface area contributed by atoms with Crippen LogP contribution in [-0.4, -0.2) is 44.3 Å². The van der Waals surface area contributed by atoms with Crippen molar-refractivity contribution in [3.05, 3.63) is 35.9 Å². The Hall–Kier alpha value is -2.90. The van der Waals surface area contributed by atoms with Gasteiger partial charge in [0.05, 0.1) is 17.3 Å². The summed E-state index contributed by atoms with van der Waals surface area (Å²) in [5, 5.41) is 37.9. The molecule has 8 heteroatoms. The number of carbonyl (C=O) groups is 4. The number of carboxylic acid groups (broad SMARTS) is 4. The van der Waals surface area contributed by atoms with E-state index >= 15 is 0 Å². The Kier molecular flexibility index (Phi) is 3.64. The molecule has 1 aliphatic rings. The van der Waals surface area contributed by atoms with E-state index in [0.717, 1.165) is 6.92 Å². The molecule has 2 atom stereocenters. The maximum Gasteiger partial charge on any atom is 0.315 e. The molecule has 1 aromatic carbocycles. The van der Waals surface area contributed by atoms with Crippen molar-refractivity contribution in [1.29, 1.82) is 0 Å². The molecule has 122 valence electrons. The van der Waals surface area contributed by atoms with Gasteiger partial charge in [0, 0.05) is 0 Å². The molecule has 8 nitrogen and oxygen atoms in total. The number of carboxylic acids is 4. The lowest BCUT2D eigenvalue weighted by Crippen LogP contribution is -2.76. The van der Waals surface area contributed by atoms with Gasteiger partial charge < -0.3 is 20.4 Å². The molecule has 0 spiro atoms. The van der Waals surface area contributed by atoms with Crippen LogP contribution in [0.4, 0.5) is 0 Å². The number of hydrogen-bond acceptors (Lipinski definition) is 4. The minimum absolute atomic E-state index is 0.0500. The first-order valence-corrected chi connectivity index (χ1v) is 6.60. The Morgan fingerprint density at radius 2 is 1.26 bits per heavy atom. The van der Waals surface area contributed by atoms with Gasteiger partial charge in [-0.25, -0.2) is 0 Å². The predicted molar refractivity (Wildman–Crippen MR) is 73.8 cm³/mol. The Morgan fingerprint density at radius 1 is 0.826 bits per heavy atom. The maximum absolute atomic E-state index is 11.9. The standard InChI is InChI=1S/C15H14O8/c1-14(12(20)21)8(10(16)17)15(13(22)23,9(14)11(18)19)7-5-3-2-4-6-7/h2-6,8-9H,1H3,(H,16,17)(H,18,19)(H,20,21)(H,22,23). The van der Waals surface area contributed by atoms with Gasteiger partial charge in [-0.1, -0.05) is 30.3 Å². The monoisotopic (exact) mass is 322 g/mol. The van der Waals surface area contributed by atoms with E-state index in [2.05, 4.69) is 0 Å². The Balaban J connectivity index is 2.83. The van der Waals surface area contributed by atoms with E-state index in [-0.39, 0.29) is 5.56 Å². The van der Waals surface area contributed by atoms with Gasteiger partial charge in [-0.2, -0.15) is 0 Å². The zero-order chi connectivity index (χ0) is 17.6. The molecular formula is C15H14O8. The minimum Gasteiger partial charge on any atom is -0.481 e. The maximum atomic E-state index is 11.9. The summed E-state index contributed by atoms with van der Waals surface area (Å²) in [5.41, 5.74) is -4.65. The van der Waals surface area contributed by atoms with Gasteiger partial charge in [-0.15, -0.1) is 0 Å². The summed E-state index contributed by atoms with van der Waals surface area (Å²) in [6, 6.07) is 7.02. The third-order valence-electron chi connectivity index (χ3n) is 4.67. The van der Waals surface area contributed by atoms with Crippen LogP contribution >= 0.6 is 0 Å². The van der Waals surface area contributed by atoms with E-state index in [9.17, 15) is 39.6 Å². The van der Waals surface area contributed by atoms with Gasteiger partial charge in [0.25, 0.3) is 0 Å². The highest BCUT2D eigenvalue weighted by Gasteiger charge is 2.81. The van der Waals surface area contributed by atoms with E-state index in [4.69, 9.17) is 0 Å². The molecule has 0 heterocycles. The summed E-state index contributed by atoms with van der Waals surface area (Å²) in [6.45, 7) is 0.955. The van der Waals surface area contributed by atoms with E-state index in [1.54, 1.807) is 6.07 Å². The van der Waals surface area contributed by atoms with Gasteiger partial charge >= 0.3 is 23.9 Å². The van der Waals surface area contributed by atoms with Crippen molar-refractivity contribution in [2.75, 3.05) is 0 Å². The predicted octanol–water partition coefficient (Wildman–Crippen LogP) is 0.515. The Labute approximate surface area is 130 Å². The zero-order valence-corrected chi connectivity index (χ0v) is 12.0. The molecule has 0 aromatic heterocycles. The number of rotatable bonds is 5. The SMILES string of the molecule is CC1(C(=O)O)C(C(=O)O)C(C(=O)O)(c2ccccc2)C1C(=O)O. The molecule has 1 fully saturated rings. The molecule has 1 aliphatic carbocycles. The molecule has 1 aromatic rings. The van der Waals surface area contributed by atoms with E-state index in [1.165, 1.54) is 24.3 Å². The molecule has 0 aliphatic heterocycles. The van der Waals surface area contributed by atoms with Crippen molar-refractivity contribution in [3.8, 4) is 0 Å². The molecule has 1 saturated carbocycles. The molecule has 2 rings (SSSR count). The molecule has 2 unspecified atom stereocenters. The second kappa shape index (κ2) is 5.08. The van der Waals surface area contributed by atoms with Gasteiger partial charge in [0.2, 0.25) is 0 Å². The summed E-state index contributed by atoms with van der Waals surface area (Å²) in [4.78, 5) is 46.8. The fraction of sp³-hybridized carbons (Fsp3) is 0.333. The Bertz CT molecular complexity index is 671. The summed E-state index contributed by atoms with van der Waals surface area (Å²) >= 11 is 0. The van der Waals surface area contributed by atoms with Crippen LogP contribution in [0.5, 0.6) is 0 Å². The number of hydrogen-bond donors (Lipinski definition) is 4. The van der Waals surface area contributed by atoms with Crippen molar-refractivity contribution in [2.24, 2.45) is 17.3 Å². The van der Waals surface area contributed by atoms with E-state index in [1.807, 2.05) is 0 Å². The Morgan fingerprint density at radius 3 is 1.57 bits per heavy atom. The zero-order valence-electron chi connectivity index (χ0n) is 12.0. The average Bonchev–Trinajstić information content (AvgIpc) is 2.43. The fourth-order valence-corrected chi connectivity index (χ4v) is 3.75. The molecule has 0 amide bonds. The van der Waals surface area contributed by atoms with Crippen molar-refractivity contribution in [1.82, 2.24) is 0 Å². The van der Waals surface area contributed by atoms with Gasteiger partial charge in [0.15, 0.2) is 0 Å². The van der Waals surface area contributed by atoms with Gasteiger partial charge in [0.1, 0.15) is 5.41 Å². The lowest BCUT2D eigenvalue weighted by molar-refractivity contribution is -0.217. The summed E-state index contributed by atoms with van der Waals surface area (Å²) < 4.78 is 0. The number of benzene rings is 1. The number of aliphatic carboxylic acids is 4. The largest absolute Gasteiger partial charge is 0.481 e. The summed E-state index contributed by atoms with van der Waals surface area (Å²) in [7, 11) is 0. The van der Waals surface area contributed by atoms with Crippen molar-refractivity contribution in [2.45, 2.75) is 12.3 Å². The van der Waals surface area contributed by atoms with Crippen LogP contribution in [-0.2, 0) is 24.6 Å². The van der Waals surface area contributed by atoms with E-state index < -0.39 is 46.5 Å². The topological polar surface area (TPSA) is 149 Å².